The minimum atomic E-state index is -1.19. The number of aromatic nitrogens is 3. The predicted octanol–water partition coefficient (Wildman–Crippen LogP) is 5.55. The number of anilines is 1. The molecule has 0 saturated heterocycles. The number of nitrogens with one attached hydrogen (secondary N) is 2. The number of pyridine rings is 1. The first kappa shape index (κ1) is 29.9. The summed E-state index contributed by atoms with van der Waals surface area (Å²) in [5.74, 6) is -1.41. The summed E-state index contributed by atoms with van der Waals surface area (Å²) in [4.78, 5) is 55.5. The second-order valence-electron chi connectivity index (χ2n) is 7.89. The molecule has 0 aliphatic carbocycles. The lowest BCUT2D eigenvalue weighted by Gasteiger charge is -2.21. The van der Waals surface area contributed by atoms with Gasteiger partial charge in [-0.1, -0.05) is 36.5 Å². The number of carbonyl (C=O) groups is 4. The number of rotatable bonds is 7. The molecule has 3 aromatic rings. The van der Waals surface area contributed by atoms with Gasteiger partial charge in [0.15, 0.2) is 5.82 Å². The molecule has 3 rings (SSSR count). The summed E-state index contributed by atoms with van der Waals surface area (Å²) in [6, 6.07) is 7.45. The van der Waals surface area contributed by atoms with Crippen molar-refractivity contribution in [3.63, 3.8) is 0 Å². The third-order valence-corrected chi connectivity index (χ3v) is 6.01. The third-order valence-electron chi connectivity index (χ3n) is 5.11. The van der Waals surface area contributed by atoms with E-state index in [-0.39, 0.29) is 44.4 Å². The normalized spacial score (nSPS) is 10.5. The second kappa shape index (κ2) is 13.4. The molecule has 0 bridgehead atoms. The lowest BCUT2D eigenvalue weighted by molar-refractivity contribution is 0.0569. The zero-order valence-corrected chi connectivity index (χ0v) is 24.1. The minimum Gasteiger partial charge on any atom is -0.451 e. The molecule has 206 valence electrons. The van der Waals surface area contributed by atoms with E-state index >= 15 is 0 Å². The van der Waals surface area contributed by atoms with Crippen molar-refractivity contribution in [3.8, 4) is 5.82 Å². The molecule has 0 aliphatic heterocycles. The number of halogens is 3. The van der Waals surface area contributed by atoms with Gasteiger partial charge in [0.2, 0.25) is 0 Å². The van der Waals surface area contributed by atoms with E-state index in [2.05, 4.69) is 41.5 Å². The van der Waals surface area contributed by atoms with Gasteiger partial charge in [-0.05, 0) is 59.1 Å². The summed E-state index contributed by atoms with van der Waals surface area (Å²) in [6.45, 7) is 3.53. The molecule has 0 unspecified atom stereocenters. The molecule has 0 aliphatic rings. The number of hydrazine groups is 1. The summed E-state index contributed by atoms with van der Waals surface area (Å²) in [6.07, 6.45) is 0.452. The van der Waals surface area contributed by atoms with Crippen LogP contribution in [0, 0.1) is 6.92 Å². The first-order valence-electron chi connectivity index (χ1n) is 11.4. The Morgan fingerprint density at radius 2 is 1.87 bits per heavy atom. The first-order valence-corrected chi connectivity index (χ1v) is 13.0. The van der Waals surface area contributed by atoms with E-state index in [1.807, 2.05) is 6.92 Å². The van der Waals surface area contributed by atoms with Crippen molar-refractivity contribution in [2.75, 3.05) is 19.0 Å². The van der Waals surface area contributed by atoms with Gasteiger partial charge in [-0.15, -0.1) is 5.01 Å². The molecule has 0 spiro atoms. The van der Waals surface area contributed by atoms with E-state index < -0.39 is 24.0 Å². The summed E-state index contributed by atoms with van der Waals surface area (Å²) >= 11 is 15.7. The summed E-state index contributed by atoms with van der Waals surface area (Å²) in [5.41, 5.74) is 2.51. The zero-order valence-electron chi connectivity index (χ0n) is 21.0. The fourth-order valence-electron chi connectivity index (χ4n) is 3.26. The predicted molar refractivity (Wildman–Crippen MR) is 146 cm³/mol. The Balaban J connectivity index is 1.94. The molecule has 2 aromatic heterocycles. The average Bonchev–Trinajstić information content (AvgIpc) is 3.29. The van der Waals surface area contributed by atoms with Crippen molar-refractivity contribution in [1.82, 2.24) is 25.2 Å². The van der Waals surface area contributed by atoms with Gasteiger partial charge in [0.05, 0.1) is 30.0 Å². The van der Waals surface area contributed by atoms with Crippen LogP contribution in [0.4, 0.5) is 15.3 Å². The molecular formula is C24H23BrCl2N6O6. The van der Waals surface area contributed by atoms with Gasteiger partial charge < -0.3 is 14.8 Å². The molecule has 0 fully saturated rings. The quantitative estimate of drug-likeness (QED) is 0.252. The standard InChI is InChI=1S/C24H23BrCl2N6O6/c1-4-5-9-39-24(37)33(23(36)38-3)31-21(34)15-11-14(26)10-13(2)19(15)29-22(35)17-12-18(25)30-32(17)20-16(27)7-6-8-28-20/h6-8,10-12H,4-5,9H2,1-3H3,(H,29,35)(H,31,34). The van der Waals surface area contributed by atoms with E-state index in [9.17, 15) is 19.2 Å². The van der Waals surface area contributed by atoms with Crippen molar-refractivity contribution in [3.05, 3.63) is 68.0 Å². The first-order chi connectivity index (χ1) is 18.6. The molecule has 15 heteroatoms. The maximum absolute atomic E-state index is 13.4. The van der Waals surface area contributed by atoms with Gasteiger partial charge >= 0.3 is 12.2 Å². The van der Waals surface area contributed by atoms with E-state index in [0.29, 0.717) is 16.6 Å². The Kier molecular flexibility index (Phi) is 10.3. The van der Waals surface area contributed by atoms with Gasteiger partial charge in [0, 0.05) is 17.3 Å². The Morgan fingerprint density at radius 1 is 1.13 bits per heavy atom. The summed E-state index contributed by atoms with van der Waals surface area (Å²) < 4.78 is 11.2. The number of amides is 4. The van der Waals surface area contributed by atoms with Crippen LogP contribution in [0.25, 0.3) is 5.82 Å². The van der Waals surface area contributed by atoms with Crippen LogP contribution in [-0.2, 0) is 9.47 Å². The topological polar surface area (TPSA) is 145 Å². The van der Waals surface area contributed by atoms with Gasteiger partial charge in [0.1, 0.15) is 10.3 Å². The highest BCUT2D eigenvalue weighted by Crippen LogP contribution is 2.28. The largest absolute Gasteiger partial charge is 0.451 e. The molecule has 4 amide bonds. The second-order valence-corrected chi connectivity index (χ2v) is 9.54. The molecule has 2 heterocycles. The number of hydrogen-bond acceptors (Lipinski definition) is 8. The van der Waals surface area contributed by atoms with Crippen molar-refractivity contribution in [2.45, 2.75) is 26.7 Å². The van der Waals surface area contributed by atoms with Crippen molar-refractivity contribution < 1.29 is 28.7 Å². The lowest BCUT2D eigenvalue weighted by Crippen LogP contribution is -2.50. The Bertz CT molecular complexity index is 1420. The highest BCUT2D eigenvalue weighted by atomic mass is 79.9. The summed E-state index contributed by atoms with van der Waals surface area (Å²) in [7, 11) is 1.03. The van der Waals surface area contributed by atoms with Gasteiger partial charge in [-0.2, -0.15) is 5.10 Å². The average molecular weight is 642 g/mol. The number of unbranched alkanes of at least 4 members (excludes halogenated alkanes) is 1. The molecular weight excluding hydrogens is 619 g/mol. The van der Waals surface area contributed by atoms with Crippen molar-refractivity contribution in [2.24, 2.45) is 0 Å². The number of imide groups is 1. The van der Waals surface area contributed by atoms with Gasteiger partial charge in [-0.25, -0.2) is 24.7 Å². The number of carbonyl (C=O) groups excluding carboxylic acids is 4. The number of nitrogens with zero attached hydrogens (tertiary/aromatic N) is 4. The maximum Gasteiger partial charge on any atom is 0.438 e. The Morgan fingerprint density at radius 3 is 2.54 bits per heavy atom. The SMILES string of the molecule is CCCCOC(=O)N(NC(=O)c1cc(Cl)cc(C)c1NC(=O)c1cc(Br)nn1-c1ncccc1Cl)C(=O)OC. The molecule has 0 atom stereocenters. The molecule has 39 heavy (non-hydrogen) atoms. The van der Waals surface area contributed by atoms with E-state index in [0.717, 1.165) is 13.5 Å². The molecule has 0 radical (unpaired) electrons. The van der Waals surface area contributed by atoms with Crippen LogP contribution in [0.15, 0.2) is 41.1 Å². The van der Waals surface area contributed by atoms with Crippen LogP contribution in [0.3, 0.4) is 0 Å². The number of ether oxygens (including phenoxy) is 2. The maximum atomic E-state index is 13.4. The van der Waals surface area contributed by atoms with Crippen LogP contribution >= 0.6 is 39.1 Å². The van der Waals surface area contributed by atoms with E-state index in [1.54, 1.807) is 19.1 Å². The minimum absolute atomic E-state index is 0.0276. The highest BCUT2D eigenvalue weighted by Gasteiger charge is 2.29. The van der Waals surface area contributed by atoms with Crippen LogP contribution in [0.2, 0.25) is 10.0 Å². The smallest absolute Gasteiger partial charge is 0.438 e. The van der Waals surface area contributed by atoms with Crippen molar-refractivity contribution in [1.29, 1.82) is 0 Å². The van der Waals surface area contributed by atoms with Crippen LogP contribution in [-0.4, -0.2) is 57.5 Å². The van der Waals surface area contributed by atoms with Crippen LogP contribution < -0.4 is 10.7 Å². The number of methoxy groups -OCH3 is 1. The van der Waals surface area contributed by atoms with Crippen molar-refractivity contribution >= 4 is 68.8 Å². The monoisotopic (exact) mass is 640 g/mol. The van der Waals surface area contributed by atoms with Crippen LogP contribution in [0.1, 0.15) is 46.2 Å². The summed E-state index contributed by atoms with van der Waals surface area (Å²) in [5, 5.41) is 7.61. The van der Waals surface area contributed by atoms with E-state index in [4.69, 9.17) is 27.9 Å². The van der Waals surface area contributed by atoms with Gasteiger partial charge in [-0.3, -0.25) is 9.59 Å². The number of hydrogen-bond donors (Lipinski definition) is 2. The fraction of sp³-hybridized carbons (Fsp3) is 0.250. The Labute approximate surface area is 241 Å². The fourth-order valence-corrected chi connectivity index (χ4v) is 4.11. The molecule has 1 aromatic carbocycles. The molecule has 2 N–H and O–H groups in total. The van der Waals surface area contributed by atoms with Gasteiger partial charge in [0.25, 0.3) is 11.8 Å². The lowest BCUT2D eigenvalue weighted by atomic mass is 10.1. The Hall–Kier alpha value is -3.68. The number of aryl methyl sites for hydroxylation is 1. The molecule has 12 nitrogen and oxygen atoms in total. The number of benzene rings is 1. The zero-order chi connectivity index (χ0) is 28.7. The highest BCUT2D eigenvalue weighted by molar-refractivity contribution is 9.10. The van der Waals surface area contributed by atoms with E-state index in [1.165, 1.54) is 29.1 Å². The van der Waals surface area contributed by atoms with Crippen LogP contribution in [0.5, 0.6) is 0 Å². The molecule has 0 saturated carbocycles. The third kappa shape index (κ3) is 7.25.